The van der Waals surface area contributed by atoms with Gasteiger partial charge in [-0.1, -0.05) is 21.1 Å². The first kappa shape index (κ1) is 21.5. The molecule has 1 aliphatic rings. The largest absolute Gasteiger partial charge is 0.497 e. The van der Waals surface area contributed by atoms with Crippen LogP contribution >= 0.6 is 15.9 Å². The summed E-state index contributed by atoms with van der Waals surface area (Å²) in [4.78, 5) is 19.4. The van der Waals surface area contributed by atoms with Crippen LogP contribution in [0.2, 0.25) is 0 Å². The van der Waals surface area contributed by atoms with E-state index in [0.29, 0.717) is 18.3 Å². The second-order valence-electron chi connectivity index (χ2n) is 7.74. The van der Waals surface area contributed by atoms with Crippen LogP contribution in [0.4, 0.5) is 5.69 Å². The zero-order valence-corrected chi connectivity index (χ0v) is 19.2. The van der Waals surface area contributed by atoms with Crippen molar-refractivity contribution in [3.8, 4) is 17.1 Å². The van der Waals surface area contributed by atoms with E-state index in [4.69, 9.17) is 9.26 Å². The molecule has 2 aromatic carbocycles. The summed E-state index contributed by atoms with van der Waals surface area (Å²) in [6, 6.07) is 13.4. The van der Waals surface area contributed by atoms with Gasteiger partial charge < -0.3 is 14.6 Å². The van der Waals surface area contributed by atoms with Crippen molar-refractivity contribution < 1.29 is 14.1 Å². The maximum atomic E-state index is 12.6. The third-order valence-corrected chi connectivity index (χ3v) is 6.45. The third-order valence-electron chi connectivity index (χ3n) is 5.56. The molecule has 1 aliphatic heterocycles. The van der Waals surface area contributed by atoms with E-state index in [1.165, 1.54) is 0 Å². The van der Waals surface area contributed by atoms with Crippen LogP contribution in [0.5, 0.6) is 5.75 Å². The normalized spacial score (nSPS) is 15.1. The number of aryl methyl sites for hydroxylation is 1. The maximum Gasteiger partial charge on any atom is 0.241 e. The Kier molecular flexibility index (Phi) is 6.67. The zero-order valence-electron chi connectivity index (χ0n) is 17.6. The highest BCUT2D eigenvalue weighted by atomic mass is 79.9. The van der Waals surface area contributed by atoms with E-state index in [-0.39, 0.29) is 11.8 Å². The first-order valence-electron chi connectivity index (χ1n) is 10.3. The van der Waals surface area contributed by atoms with Crippen LogP contribution in [0, 0.1) is 12.8 Å². The van der Waals surface area contributed by atoms with Crippen LogP contribution in [0.15, 0.2) is 51.5 Å². The molecule has 0 aliphatic carbocycles. The number of nitrogens with one attached hydrogen (secondary N) is 1. The Morgan fingerprint density at radius 2 is 1.97 bits per heavy atom. The van der Waals surface area contributed by atoms with Crippen molar-refractivity contribution in [1.29, 1.82) is 0 Å². The number of piperidine rings is 1. The molecular formula is C23H25BrN4O3. The fraction of sp³-hybridized carbons (Fsp3) is 0.348. The predicted molar refractivity (Wildman–Crippen MR) is 122 cm³/mol. The van der Waals surface area contributed by atoms with Crippen molar-refractivity contribution in [2.75, 3.05) is 25.5 Å². The van der Waals surface area contributed by atoms with Gasteiger partial charge in [-0.3, -0.25) is 9.69 Å². The number of hydrogen-bond acceptors (Lipinski definition) is 6. The minimum atomic E-state index is 0.0118. The fourth-order valence-corrected chi connectivity index (χ4v) is 3.93. The number of rotatable bonds is 6. The molecule has 0 saturated carbocycles. The molecule has 1 saturated heterocycles. The molecule has 0 unspecified atom stereocenters. The maximum absolute atomic E-state index is 12.6. The lowest BCUT2D eigenvalue weighted by atomic mass is 9.96. The molecule has 1 fully saturated rings. The number of aromatic nitrogens is 2. The van der Waals surface area contributed by atoms with Gasteiger partial charge in [0.2, 0.25) is 17.6 Å². The minimum absolute atomic E-state index is 0.0118. The van der Waals surface area contributed by atoms with Gasteiger partial charge in [-0.2, -0.15) is 4.98 Å². The van der Waals surface area contributed by atoms with E-state index in [2.05, 4.69) is 36.3 Å². The Morgan fingerprint density at radius 1 is 1.23 bits per heavy atom. The average molecular weight is 485 g/mol. The molecule has 7 nitrogen and oxygen atoms in total. The summed E-state index contributed by atoms with van der Waals surface area (Å²) in [5, 5.41) is 7.14. The number of benzene rings is 2. The molecule has 1 N–H and O–H groups in total. The number of amides is 1. The summed E-state index contributed by atoms with van der Waals surface area (Å²) in [6.45, 7) is 4.23. The number of likely N-dealkylation sites (tertiary alicyclic amines) is 1. The molecule has 0 radical (unpaired) electrons. The summed E-state index contributed by atoms with van der Waals surface area (Å²) in [6.07, 6.45) is 1.61. The van der Waals surface area contributed by atoms with Crippen molar-refractivity contribution in [3.05, 3.63) is 58.4 Å². The van der Waals surface area contributed by atoms with Gasteiger partial charge in [0, 0.05) is 21.6 Å². The number of hydrogen-bond donors (Lipinski definition) is 1. The van der Waals surface area contributed by atoms with Crippen molar-refractivity contribution in [2.45, 2.75) is 26.3 Å². The summed E-state index contributed by atoms with van der Waals surface area (Å²) in [5.41, 5.74) is 2.82. The molecule has 31 heavy (non-hydrogen) atoms. The molecule has 0 atom stereocenters. The topological polar surface area (TPSA) is 80.5 Å². The SMILES string of the molecule is COc1ccc(-c2noc(CN3CCC(C(=O)Nc4ccc(Br)c(C)c4)CC3)n2)cc1. The lowest BCUT2D eigenvalue weighted by molar-refractivity contribution is -0.121. The Bertz CT molecular complexity index is 1040. The van der Waals surface area contributed by atoms with Crippen molar-refractivity contribution in [1.82, 2.24) is 15.0 Å². The van der Waals surface area contributed by atoms with E-state index < -0.39 is 0 Å². The van der Waals surface area contributed by atoms with Crippen LogP contribution < -0.4 is 10.1 Å². The number of carbonyl (C=O) groups excluding carboxylic acids is 1. The Hall–Kier alpha value is -2.71. The lowest BCUT2D eigenvalue weighted by Crippen LogP contribution is -2.37. The fourth-order valence-electron chi connectivity index (χ4n) is 3.69. The number of halogens is 1. The second-order valence-corrected chi connectivity index (χ2v) is 8.60. The van der Waals surface area contributed by atoms with Gasteiger partial charge in [0.25, 0.3) is 0 Å². The van der Waals surface area contributed by atoms with E-state index in [0.717, 1.165) is 53.0 Å². The molecular weight excluding hydrogens is 460 g/mol. The highest BCUT2D eigenvalue weighted by Gasteiger charge is 2.26. The van der Waals surface area contributed by atoms with Crippen molar-refractivity contribution in [2.24, 2.45) is 5.92 Å². The number of carbonyl (C=O) groups is 1. The number of nitrogens with zero attached hydrogens (tertiary/aromatic N) is 3. The van der Waals surface area contributed by atoms with E-state index >= 15 is 0 Å². The van der Waals surface area contributed by atoms with Crippen LogP contribution in [-0.4, -0.2) is 41.1 Å². The summed E-state index contributed by atoms with van der Waals surface area (Å²) < 4.78 is 11.7. The molecule has 2 heterocycles. The molecule has 1 aromatic heterocycles. The minimum Gasteiger partial charge on any atom is -0.497 e. The van der Waals surface area contributed by atoms with Gasteiger partial charge in [0.15, 0.2) is 0 Å². The second kappa shape index (κ2) is 9.62. The molecule has 0 bridgehead atoms. The van der Waals surface area contributed by atoms with Crippen LogP contribution in [-0.2, 0) is 11.3 Å². The molecule has 0 spiro atoms. The van der Waals surface area contributed by atoms with Crippen LogP contribution in [0.25, 0.3) is 11.4 Å². The van der Waals surface area contributed by atoms with Gasteiger partial charge in [-0.15, -0.1) is 0 Å². The van der Waals surface area contributed by atoms with Gasteiger partial charge >= 0.3 is 0 Å². The Balaban J connectivity index is 1.28. The highest BCUT2D eigenvalue weighted by Crippen LogP contribution is 2.24. The molecule has 8 heteroatoms. The monoisotopic (exact) mass is 484 g/mol. The standard InChI is InChI=1S/C23H25BrN4O3/c1-15-13-18(5-8-20(15)24)25-23(29)17-9-11-28(12-10-17)14-21-26-22(27-31-21)16-3-6-19(30-2)7-4-16/h3-8,13,17H,9-12,14H2,1-2H3,(H,25,29). The number of ether oxygens (including phenoxy) is 1. The average Bonchev–Trinajstić information content (AvgIpc) is 3.25. The van der Waals surface area contributed by atoms with E-state index in [1.54, 1.807) is 7.11 Å². The Labute approximate surface area is 189 Å². The van der Waals surface area contributed by atoms with Gasteiger partial charge in [0.1, 0.15) is 5.75 Å². The van der Waals surface area contributed by atoms with E-state index in [1.807, 2.05) is 49.4 Å². The summed E-state index contributed by atoms with van der Waals surface area (Å²) >= 11 is 3.49. The number of anilines is 1. The highest BCUT2D eigenvalue weighted by molar-refractivity contribution is 9.10. The molecule has 4 rings (SSSR count). The summed E-state index contributed by atoms with van der Waals surface area (Å²) in [7, 11) is 1.63. The smallest absolute Gasteiger partial charge is 0.241 e. The predicted octanol–water partition coefficient (Wildman–Crippen LogP) is 4.67. The van der Waals surface area contributed by atoms with Gasteiger partial charge in [-0.05, 0) is 80.9 Å². The first-order valence-corrected chi connectivity index (χ1v) is 11.1. The third kappa shape index (κ3) is 5.32. The molecule has 1 amide bonds. The number of methoxy groups -OCH3 is 1. The molecule has 162 valence electrons. The van der Waals surface area contributed by atoms with Crippen LogP contribution in [0.1, 0.15) is 24.3 Å². The first-order chi connectivity index (χ1) is 15.0. The van der Waals surface area contributed by atoms with Crippen LogP contribution in [0.3, 0.4) is 0 Å². The zero-order chi connectivity index (χ0) is 21.8. The van der Waals surface area contributed by atoms with Crippen molar-refractivity contribution >= 4 is 27.5 Å². The Morgan fingerprint density at radius 3 is 2.65 bits per heavy atom. The van der Waals surface area contributed by atoms with E-state index in [9.17, 15) is 4.79 Å². The van der Waals surface area contributed by atoms with Gasteiger partial charge in [0.05, 0.1) is 13.7 Å². The van der Waals surface area contributed by atoms with Crippen molar-refractivity contribution in [3.63, 3.8) is 0 Å². The molecule has 3 aromatic rings. The quantitative estimate of drug-likeness (QED) is 0.547. The lowest BCUT2D eigenvalue weighted by Gasteiger charge is -2.30. The van der Waals surface area contributed by atoms with Gasteiger partial charge in [-0.25, -0.2) is 0 Å². The summed E-state index contributed by atoms with van der Waals surface area (Å²) in [5.74, 6) is 2.03.